The van der Waals surface area contributed by atoms with E-state index in [9.17, 15) is 0 Å². The Labute approximate surface area is 62.9 Å². The molecule has 0 nitrogen and oxygen atoms in total. The topological polar surface area (TPSA) is 0 Å². The van der Waals surface area contributed by atoms with E-state index >= 15 is 0 Å². The Morgan fingerprint density at radius 2 is 2.40 bits per heavy atom. The molecule has 1 unspecified atom stereocenters. The van der Waals surface area contributed by atoms with E-state index in [4.69, 9.17) is 0 Å². The summed E-state index contributed by atoms with van der Waals surface area (Å²) in [6.45, 7) is 3.63. The lowest BCUT2D eigenvalue weighted by Gasteiger charge is -2.10. The van der Waals surface area contributed by atoms with Crippen LogP contribution in [0, 0.1) is 5.92 Å². The molecule has 0 heterocycles. The summed E-state index contributed by atoms with van der Waals surface area (Å²) in [5, 5.41) is 0. The summed E-state index contributed by atoms with van der Waals surface area (Å²) in [4.78, 5) is 0. The molecule has 0 saturated heterocycles. The highest BCUT2D eigenvalue weighted by Gasteiger charge is 2.02. The molecule has 0 aromatic carbocycles. The molecule has 0 aliphatic heterocycles. The molecule has 0 N–H and O–H groups in total. The second-order valence-corrected chi connectivity index (χ2v) is 2.64. The quantitative estimate of drug-likeness (QED) is 0.402. The molecule has 54 valence electrons. The van der Waals surface area contributed by atoms with Crippen molar-refractivity contribution in [1.29, 1.82) is 0 Å². The van der Waals surface area contributed by atoms with Crippen LogP contribution in [0.15, 0.2) is 37.0 Å². The highest BCUT2D eigenvalue weighted by atomic mass is 14.1. The fourth-order valence-corrected chi connectivity index (χ4v) is 1.22. The van der Waals surface area contributed by atoms with Crippen LogP contribution in [0.4, 0.5) is 0 Å². The molecule has 0 fully saturated rings. The molecular weight excluding hydrogens is 120 g/mol. The minimum absolute atomic E-state index is 0.673. The second kappa shape index (κ2) is 4.10. The van der Waals surface area contributed by atoms with Gasteiger partial charge in [0.2, 0.25) is 0 Å². The van der Waals surface area contributed by atoms with Gasteiger partial charge in [0.05, 0.1) is 0 Å². The maximum atomic E-state index is 3.63. The van der Waals surface area contributed by atoms with Gasteiger partial charge in [0, 0.05) is 0 Å². The third kappa shape index (κ3) is 2.22. The molecule has 0 aromatic rings. The first-order valence-corrected chi connectivity index (χ1v) is 3.89. The van der Waals surface area contributed by atoms with E-state index in [0.29, 0.717) is 5.92 Å². The fraction of sp³-hybridized carbons (Fsp3) is 0.400. The first kappa shape index (κ1) is 7.33. The van der Waals surface area contributed by atoms with Crippen molar-refractivity contribution in [2.24, 2.45) is 5.92 Å². The lowest BCUT2D eigenvalue weighted by Crippen LogP contribution is -1.95. The fourth-order valence-electron chi connectivity index (χ4n) is 1.22. The van der Waals surface area contributed by atoms with Gasteiger partial charge in [-0.05, 0) is 25.2 Å². The van der Waals surface area contributed by atoms with Gasteiger partial charge in [-0.1, -0.05) is 37.0 Å². The largest absolute Gasteiger partial charge is 0.0991 e. The van der Waals surface area contributed by atoms with Crippen molar-refractivity contribution in [3.63, 3.8) is 0 Å². The van der Waals surface area contributed by atoms with E-state index < -0.39 is 0 Å². The van der Waals surface area contributed by atoms with E-state index in [0.717, 1.165) is 0 Å². The van der Waals surface area contributed by atoms with Gasteiger partial charge in [-0.15, -0.1) is 0 Å². The van der Waals surface area contributed by atoms with Crippen LogP contribution in [0.5, 0.6) is 0 Å². The van der Waals surface area contributed by atoms with Gasteiger partial charge in [0.15, 0.2) is 0 Å². The lowest BCUT2D eigenvalue weighted by molar-refractivity contribution is 0.631. The van der Waals surface area contributed by atoms with Crippen molar-refractivity contribution >= 4 is 0 Å². The first-order valence-electron chi connectivity index (χ1n) is 3.89. The van der Waals surface area contributed by atoms with E-state index in [1.54, 1.807) is 0 Å². The normalized spacial score (nSPS) is 25.4. The molecule has 0 aromatic heterocycles. The lowest BCUT2D eigenvalue weighted by atomic mass is 9.96. The smallest absolute Gasteiger partial charge is 0.00503 e. The van der Waals surface area contributed by atoms with Gasteiger partial charge < -0.3 is 0 Å². The van der Waals surface area contributed by atoms with E-state index in [-0.39, 0.29) is 0 Å². The van der Waals surface area contributed by atoms with Crippen LogP contribution in [-0.4, -0.2) is 0 Å². The average Bonchev–Trinajstić information content (AvgIpc) is 2.03. The monoisotopic (exact) mass is 134 g/mol. The Kier molecular flexibility index (Phi) is 3.01. The van der Waals surface area contributed by atoms with Gasteiger partial charge in [-0.2, -0.15) is 0 Å². The minimum Gasteiger partial charge on any atom is -0.0991 e. The zero-order valence-corrected chi connectivity index (χ0v) is 6.29. The van der Waals surface area contributed by atoms with Gasteiger partial charge in [0.1, 0.15) is 0 Å². The van der Waals surface area contributed by atoms with Gasteiger partial charge in [-0.25, -0.2) is 0 Å². The highest BCUT2D eigenvalue weighted by molar-refractivity contribution is 5.07. The SMILES string of the molecule is C=C/C=C/C1C=CCCC1. The minimum atomic E-state index is 0.673. The molecule has 0 saturated carbocycles. The van der Waals surface area contributed by atoms with Crippen LogP contribution >= 0.6 is 0 Å². The van der Waals surface area contributed by atoms with Crippen molar-refractivity contribution in [2.45, 2.75) is 19.3 Å². The Hall–Kier alpha value is -0.780. The number of hydrogen-bond donors (Lipinski definition) is 0. The second-order valence-electron chi connectivity index (χ2n) is 2.64. The maximum absolute atomic E-state index is 3.63. The molecular formula is C10H14. The van der Waals surface area contributed by atoms with Gasteiger partial charge in [0.25, 0.3) is 0 Å². The number of rotatable bonds is 2. The zero-order valence-electron chi connectivity index (χ0n) is 6.29. The van der Waals surface area contributed by atoms with Crippen LogP contribution in [0.2, 0.25) is 0 Å². The Morgan fingerprint density at radius 1 is 1.50 bits per heavy atom. The summed E-state index contributed by atoms with van der Waals surface area (Å²) < 4.78 is 0. The molecule has 0 amide bonds. The van der Waals surface area contributed by atoms with Crippen LogP contribution in [0.1, 0.15) is 19.3 Å². The molecule has 0 spiro atoms. The molecule has 1 rings (SSSR count). The Morgan fingerprint density at radius 3 is 3.00 bits per heavy atom. The van der Waals surface area contributed by atoms with Crippen LogP contribution in [-0.2, 0) is 0 Å². The zero-order chi connectivity index (χ0) is 7.23. The summed E-state index contributed by atoms with van der Waals surface area (Å²) in [6, 6.07) is 0. The van der Waals surface area contributed by atoms with Crippen molar-refractivity contribution in [3.8, 4) is 0 Å². The Balaban J connectivity index is 2.39. The predicted molar refractivity (Wildman–Crippen MR) is 45.8 cm³/mol. The molecule has 0 heteroatoms. The van der Waals surface area contributed by atoms with Crippen molar-refractivity contribution < 1.29 is 0 Å². The summed E-state index contributed by atoms with van der Waals surface area (Å²) >= 11 is 0. The third-order valence-electron chi connectivity index (χ3n) is 1.79. The third-order valence-corrected chi connectivity index (χ3v) is 1.79. The van der Waals surface area contributed by atoms with Crippen LogP contribution < -0.4 is 0 Å². The summed E-state index contributed by atoms with van der Waals surface area (Å²) in [7, 11) is 0. The predicted octanol–water partition coefficient (Wildman–Crippen LogP) is 3.08. The van der Waals surface area contributed by atoms with Crippen molar-refractivity contribution in [2.75, 3.05) is 0 Å². The van der Waals surface area contributed by atoms with E-state index in [1.165, 1.54) is 19.3 Å². The van der Waals surface area contributed by atoms with E-state index in [1.807, 2.05) is 12.2 Å². The number of allylic oxidation sites excluding steroid dienone is 5. The number of hydrogen-bond acceptors (Lipinski definition) is 0. The van der Waals surface area contributed by atoms with Crippen LogP contribution in [0.25, 0.3) is 0 Å². The van der Waals surface area contributed by atoms with Crippen LogP contribution in [0.3, 0.4) is 0 Å². The molecule has 1 atom stereocenters. The maximum Gasteiger partial charge on any atom is -0.00503 e. The standard InChI is InChI=1S/C10H14/c1-2-3-7-10-8-5-4-6-9-10/h2-3,5,7-8,10H,1,4,6,9H2/b7-3+. The Bertz CT molecular complexity index is 151. The highest BCUT2D eigenvalue weighted by Crippen LogP contribution is 2.17. The van der Waals surface area contributed by atoms with Gasteiger partial charge in [-0.3, -0.25) is 0 Å². The molecule has 1 aliphatic rings. The van der Waals surface area contributed by atoms with Crippen molar-refractivity contribution in [1.82, 2.24) is 0 Å². The summed E-state index contributed by atoms with van der Waals surface area (Å²) in [5.74, 6) is 0.673. The molecule has 10 heavy (non-hydrogen) atoms. The van der Waals surface area contributed by atoms with Gasteiger partial charge >= 0.3 is 0 Å². The van der Waals surface area contributed by atoms with Crippen molar-refractivity contribution in [3.05, 3.63) is 37.0 Å². The first-order chi connectivity index (χ1) is 4.93. The molecule has 0 bridgehead atoms. The van der Waals surface area contributed by atoms with E-state index in [2.05, 4.69) is 24.8 Å². The average molecular weight is 134 g/mol. The summed E-state index contributed by atoms with van der Waals surface area (Å²) in [5.41, 5.74) is 0. The summed E-state index contributed by atoms with van der Waals surface area (Å²) in [6.07, 6.45) is 14.5. The molecule has 1 aliphatic carbocycles. The molecule has 0 radical (unpaired) electrons.